The Morgan fingerprint density at radius 3 is 2.66 bits per heavy atom. The summed E-state index contributed by atoms with van der Waals surface area (Å²) in [5, 5.41) is 10.8. The van der Waals surface area contributed by atoms with E-state index in [1.54, 1.807) is 23.1 Å². The van der Waals surface area contributed by atoms with Crippen molar-refractivity contribution in [2.75, 3.05) is 26.2 Å². The van der Waals surface area contributed by atoms with Crippen molar-refractivity contribution in [3.63, 3.8) is 0 Å². The van der Waals surface area contributed by atoms with Crippen LogP contribution in [0.4, 0.5) is 4.39 Å². The maximum Gasteiger partial charge on any atom is 0.271 e. The molecule has 1 aromatic carbocycles. The lowest BCUT2D eigenvalue weighted by molar-refractivity contribution is 0.0693. The minimum Gasteiger partial charge on any atom is -0.348 e. The molecule has 154 valence electrons. The molecule has 2 aliphatic heterocycles. The van der Waals surface area contributed by atoms with Crippen molar-refractivity contribution in [1.29, 1.82) is 0 Å². The molecular formula is C21H26FN5O2. The zero-order chi connectivity index (χ0) is 20.2. The topological polar surface area (TPSA) is 79.3 Å². The van der Waals surface area contributed by atoms with E-state index in [9.17, 15) is 14.0 Å². The molecule has 2 aliphatic rings. The molecule has 1 aromatic heterocycles. The molecule has 2 aromatic rings. The van der Waals surface area contributed by atoms with E-state index >= 15 is 0 Å². The zero-order valence-electron chi connectivity index (χ0n) is 16.3. The van der Waals surface area contributed by atoms with E-state index in [0.717, 1.165) is 25.9 Å². The van der Waals surface area contributed by atoms with Crippen molar-refractivity contribution in [3.8, 4) is 0 Å². The summed E-state index contributed by atoms with van der Waals surface area (Å²) < 4.78 is 15.7. The normalized spacial score (nSPS) is 20.4. The highest BCUT2D eigenvalue weighted by atomic mass is 19.1. The molecule has 8 heteroatoms. The number of carbonyl (C=O) groups excluding carboxylic acids is 2. The van der Waals surface area contributed by atoms with Crippen molar-refractivity contribution in [2.45, 2.75) is 37.8 Å². The van der Waals surface area contributed by atoms with Gasteiger partial charge in [-0.1, -0.05) is 12.1 Å². The Morgan fingerprint density at radius 2 is 1.93 bits per heavy atom. The van der Waals surface area contributed by atoms with E-state index in [1.807, 2.05) is 10.9 Å². The van der Waals surface area contributed by atoms with Gasteiger partial charge in [0.25, 0.3) is 11.8 Å². The molecule has 0 spiro atoms. The Balaban J connectivity index is 1.29. The van der Waals surface area contributed by atoms with Crippen LogP contribution in [-0.4, -0.2) is 58.7 Å². The fourth-order valence-electron chi connectivity index (χ4n) is 4.01. The van der Waals surface area contributed by atoms with Crippen LogP contribution in [0.25, 0.3) is 0 Å². The monoisotopic (exact) mass is 399 g/mol. The second-order valence-electron chi connectivity index (χ2n) is 7.70. The molecule has 0 bridgehead atoms. The van der Waals surface area contributed by atoms with Crippen LogP contribution in [0.15, 0.2) is 36.5 Å². The zero-order valence-corrected chi connectivity index (χ0v) is 16.3. The number of carbonyl (C=O) groups is 2. The van der Waals surface area contributed by atoms with E-state index < -0.39 is 5.82 Å². The van der Waals surface area contributed by atoms with Gasteiger partial charge in [-0.05, 0) is 50.4 Å². The van der Waals surface area contributed by atoms with Gasteiger partial charge in [-0.2, -0.15) is 5.10 Å². The van der Waals surface area contributed by atoms with Crippen molar-refractivity contribution in [1.82, 2.24) is 25.3 Å². The second kappa shape index (κ2) is 8.73. The lowest BCUT2D eigenvalue weighted by Gasteiger charge is -2.32. The summed E-state index contributed by atoms with van der Waals surface area (Å²) in [6.07, 6.45) is 5.31. The largest absolute Gasteiger partial charge is 0.348 e. The number of benzene rings is 1. The molecule has 7 nitrogen and oxygen atoms in total. The van der Waals surface area contributed by atoms with Crippen LogP contribution in [0.5, 0.6) is 0 Å². The molecule has 2 N–H and O–H groups in total. The Bertz CT molecular complexity index is 869. The highest BCUT2D eigenvalue weighted by molar-refractivity contribution is 5.94. The van der Waals surface area contributed by atoms with Crippen molar-refractivity contribution in [2.24, 2.45) is 0 Å². The highest BCUT2D eigenvalue weighted by Gasteiger charge is 2.27. The fourth-order valence-corrected chi connectivity index (χ4v) is 4.01. The summed E-state index contributed by atoms with van der Waals surface area (Å²) in [4.78, 5) is 26.7. The van der Waals surface area contributed by atoms with Gasteiger partial charge in [0.05, 0.1) is 11.6 Å². The third-order valence-electron chi connectivity index (χ3n) is 5.71. The number of nitrogens with one attached hydrogen (secondary N) is 2. The van der Waals surface area contributed by atoms with Crippen molar-refractivity contribution in [3.05, 3.63) is 53.6 Å². The van der Waals surface area contributed by atoms with E-state index in [0.29, 0.717) is 31.6 Å². The quantitative estimate of drug-likeness (QED) is 0.824. The first-order chi connectivity index (χ1) is 14.1. The highest BCUT2D eigenvalue weighted by Crippen LogP contribution is 2.18. The van der Waals surface area contributed by atoms with E-state index in [2.05, 4.69) is 15.7 Å². The molecule has 0 radical (unpaired) electrons. The summed E-state index contributed by atoms with van der Waals surface area (Å²) in [5.74, 6) is -0.990. The van der Waals surface area contributed by atoms with E-state index in [-0.39, 0.29) is 29.5 Å². The number of amides is 2. The van der Waals surface area contributed by atoms with Crippen LogP contribution in [0.1, 0.15) is 52.6 Å². The Labute approximate surface area is 169 Å². The molecule has 2 fully saturated rings. The van der Waals surface area contributed by atoms with Gasteiger partial charge in [0, 0.05) is 31.9 Å². The minimum absolute atomic E-state index is 0.0198. The molecule has 0 aliphatic carbocycles. The molecular weight excluding hydrogens is 373 g/mol. The summed E-state index contributed by atoms with van der Waals surface area (Å²) in [7, 11) is 0. The predicted molar refractivity (Wildman–Crippen MR) is 106 cm³/mol. The predicted octanol–water partition coefficient (Wildman–Crippen LogP) is 1.98. The number of aromatic nitrogens is 2. The van der Waals surface area contributed by atoms with E-state index in [1.165, 1.54) is 12.1 Å². The third kappa shape index (κ3) is 4.48. The molecule has 1 unspecified atom stereocenters. The number of hydrogen-bond donors (Lipinski definition) is 2. The van der Waals surface area contributed by atoms with Crippen LogP contribution in [-0.2, 0) is 0 Å². The Morgan fingerprint density at radius 1 is 1.14 bits per heavy atom. The number of nitrogens with zero attached hydrogens (tertiary/aromatic N) is 3. The fraction of sp³-hybridized carbons (Fsp3) is 0.476. The maximum absolute atomic E-state index is 13.9. The SMILES string of the molecule is O=C(NC1CCN(C(=O)c2ccccc2F)CC1)c1ccn(C2CCCNC2)n1. The second-order valence-corrected chi connectivity index (χ2v) is 7.70. The van der Waals surface area contributed by atoms with Gasteiger partial charge in [-0.3, -0.25) is 14.3 Å². The number of rotatable bonds is 4. The first-order valence-electron chi connectivity index (χ1n) is 10.2. The molecule has 2 amide bonds. The summed E-state index contributed by atoms with van der Waals surface area (Å²) >= 11 is 0. The van der Waals surface area contributed by atoms with Gasteiger partial charge < -0.3 is 15.5 Å². The average Bonchev–Trinajstić information content (AvgIpc) is 3.25. The molecule has 4 rings (SSSR count). The van der Waals surface area contributed by atoms with Gasteiger partial charge >= 0.3 is 0 Å². The summed E-state index contributed by atoms with van der Waals surface area (Å²) in [5.41, 5.74) is 0.512. The van der Waals surface area contributed by atoms with Crippen LogP contribution >= 0.6 is 0 Å². The van der Waals surface area contributed by atoms with Crippen molar-refractivity contribution >= 4 is 11.8 Å². The van der Waals surface area contributed by atoms with Crippen LogP contribution in [0.3, 0.4) is 0 Å². The van der Waals surface area contributed by atoms with Gasteiger partial charge in [0.2, 0.25) is 0 Å². The summed E-state index contributed by atoms with van der Waals surface area (Å²) in [6.45, 7) is 2.88. The first kappa shape index (κ1) is 19.6. The van der Waals surface area contributed by atoms with Gasteiger partial charge in [0.15, 0.2) is 0 Å². The van der Waals surface area contributed by atoms with Gasteiger partial charge in [-0.15, -0.1) is 0 Å². The molecule has 2 saturated heterocycles. The number of hydrogen-bond acceptors (Lipinski definition) is 4. The first-order valence-corrected chi connectivity index (χ1v) is 10.2. The summed E-state index contributed by atoms with van der Waals surface area (Å²) in [6, 6.07) is 8.05. The number of likely N-dealkylation sites (tertiary alicyclic amines) is 1. The van der Waals surface area contributed by atoms with Gasteiger partial charge in [0.1, 0.15) is 11.5 Å². The Kier molecular flexibility index (Phi) is 5.89. The standard InChI is InChI=1S/C21H26FN5O2/c22-18-6-2-1-5-17(18)21(29)26-11-7-15(8-12-26)24-20(28)19-9-13-27(25-19)16-4-3-10-23-14-16/h1-2,5-6,9,13,15-16,23H,3-4,7-8,10-12,14H2,(H,24,28). The average molecular weight is 399 g/mol. The van der Waals surface area contributed by atoms with Crippen LogP contribution in [0.2, 0.25) is 0 Å². The molecule has 0 saturated carbocycles. The number of halogens is 1. The molecule has 29 heavy (non-hydrogen) atoms. The lowest BCUT2D eigenvalue weighted by atomic mass is 10.0. The molecule has 1 atom stereocenters. The smallest absolute Gasteiger partial charge is 0.271 e. The van der Waals surface area contributed by atoms with E-state index in [4.69, 9.17) is 0 Å². The van der Waals surface area contributed by atoms with Crippen LogP contribution < -0.4 is 10.6 Å². The number of piperidine rings is 2. The Hall–Kier alpha value is -2.74. The van der Waals surface area contributed by atoms with Gasteiger partial charge in [-0.25, -0.2) is 4.39 Å². The third-order valence-corrected chi connectivity index (χ3v) is 5.71. The minimum atomic E-state index is -0.503. The van der Waals surface area contributed by atoms with Crippen LogP contribution in [0, 0.1) is 5.82 Å². The van der Waals surface area contributed by atoms with Crippen molar-refractivity contribution < 1.29 is 14.0 Å². The lowest BCUT2D eigenvalue weighted by Crippen LogP contribution is -2.46. The molecule has 3 heterocycles. The maximum atomic E-state index is 13.9.